The zero-order valence-corrected chi connectivity index (χ0v) is 18.7. The Morgan fingerprint density at radius 3 is 2.49 bits per heavy atom. The van der Waals surface area contributed by atoms with Crippen molar-refractivity contribution in [2.75, 3.05) is 6.54 Å². The van der Waals surface area contributed by atoms with Crippen LogP contribution in [0.25, 0.3) is 11.4 Å². The van der Waals surface area contributed by atoms with Gasteiger partial charge in [-0.05, 0) is 50.3 Å². The predicted octanol–water partition coefficient (Wildman–Crippen LogP) is 4.47. The molecule has 2 saturated heterocycles. The van der Waals surface area contributed by atoms with E-state index in [1.165, 1.54) is 6.07 Å². The number of aryl methyl sites for hydroxylation is 1. The molecule has 1 amide bonds. The summed E-state index contributed by atoms with van der Waals surface area (Å²) in [5.74, 6) is -0.464. The molecule has 0 aromatic carbocycles. The van der Waals surface area contributed by atoms with E-state index in [2.05, 4.69) is 19.9 Å². The monoisotopic (exact) mass is 487 g/mol. The molecule has 5 heterocycles. The molecule has 11 heteroatoms. The quantitative estimate of drug-likeness (QED) is 0.505. The van der Waals surface area contributed by atoms with E-state index < -0.39 is 23.7 Å². The molecule has 1 saturated carbocycles. The first-order chi connectivity index (χ1) is 16.7. The maximum absolute atomic E-state index is 13.7. The number of piperidine rings is 2. The van der Waals surface area contributed by atoms with Crippen LogP contribution in [0, 0.1) is 18.7 Å². The maximum Gasteiger partial charge on any atom is 0.417 e. The lowest BCUT2D eigenvalue weighted by molar-refractivity contribution is -0.137. The van der Waals surface area contributed by atoms with Gasteiger partial charge >= 0.3 is 6.18 Å². The van der Waals surface area contributed by atoms with Crippen LogP contribution in [0.2, 0.25) is 0 Å². The Hall–Kier alpha value is -3.63. The Balaban J connectivity index is 1.40. The lowest BCUT2D eigenvalue weighted by Crippen LogP contribution is -2.59. The fourth-order valence-electron chi connectivity index (χ4n) is 4.75. The molecule has 0 radical (unpaired) electrons. The van der Waals surface area contributed by atoms with Crippen molar-refractivity contribution >= 4 is 5.91 Å². The fraction of sp³-hybridized carbons (Fsp3) is 0.375. The van der Waals surface area contributed by atoms with Crippen molar-refractivity contribution in [1.29, 1.82) is 0 Å². The number of hydrogen-bond donors (Lipinski definition) is 0. The first-order valence-electron chi connectivity index (χ1n) is 11.2. The summed E-state index contributed by atoms with van der Waals surface area (Å²) in [5, 5.41) is 0. The van der Waals surface area contributed by atoms with Gasteiger partial charge in [0.05, 0.1) is 29.6 Å². The Morgan fingerprint density at radius 2 is 1.83 bits per heavy atom. The number of hydrogen-bond acceptors (Lipinski definition) is 6. The van der Waals surface area contributed by atoms with Gasteiger partial charge in [-0.1, -0.05) is 0 Å². The number of nitrogens with zero attached hydrogens (tertiary/aromatic N) is 5. The number of ether oxygens (including phenoxy) is 1. The van der Waals surface area contributed by atoms with E-state index in [-0.39, 0.29) is 35.3 Å². The van der Waals surface area contributed by atoms with Crippen molar-refractivity contribution in [1.82, 2.24) is 24.8 Å². The van der Waals surface area contributed by atoms with Crippen LogP contribution < -0.4 is 4.74 Å². The van der Waals surface area contributed by atoms with Crippen LogP contribution in [0.15, 0.2) is 42.9 Å². The number of aromatic nitrogens is 4. The van der Waals surface area contributed by atoms with E-state index in [0.29, 0.717) is 30.6 Å². The van der Waals surface area contributed by atoms with Gasteiger partial charge in [-0.25, -0.2) is 24.3 Å². The first kappa shape index (κ1) is 23.1. The number of carbonyl (C=O) groups excluding carboxylic acids is 1. The minimum absolute atomic E-state index is 0.0806. The first-order valence-corrected chi connectivity index (χ1v) is 11.2. The number of pyridine rings is 2. The Bertz CT molecular complexity index is 1230. The summed E-state index contributed by atoms with van der Waals surface area (Å²) in [4.78, 5) is 31.7. The molecule has 3 aromatic heterocycles. The number of carbonyl (C=O) groups is 1. The van der Waals surface area contributed by atoms with Crippen molar-refractivity contribution in [2.45, 2.75) is 44.5 Å². The molecule has 2 bridgehead atoms. The molecule has 3 aliphatic rings. The summed E-state index contributed by atoms with van der Waals surface area (Å²) in [5.41, 5.74) is 0.329. The van der Waals surface area contributed by atoms with Gasteiger partial charge in [0.15, 0.2) is 11.6 Å². The molecule has 3 fully saturated rings. The van der Waals surface area contributed by atoms with Crippen LogP contribution in [0.5, 0.6) is 5.88 Å². The molecular weight excluding hydrogens is 466 g/mol. The highest BCUT2D eigenvalue weighted by Crippen LogP contribution is 2.38. The molecule has 0 N–H and O–H groups in total. The molecule has 1 aliphatic carbocycles. The molecule has 3 aromatic rings. The summed E-state index contributed by atoms with van der Waals surface area (Å²) in [6.07, 6.45) is 0.189. The van der Waals surface area contributed by atoms with Gasteiger partial charge in [0.1, 0.15) is 11.8 Å². The third kappa shape index (κ3) is 4.67. The van der Waals surface area contributed by atoms with Crippen molar-refractivity contribution in [3.05, 3.63) is 65.6 Å². The molecule has 35 heavy (non-hydrogen) atoms. The lowest BCUT2D eigenvalue weighted by atomic mass is 9.77. The van der Waals surface area contributed by atoms with Crippen LogP contribution in [0.4, 0.5) is 17.6 Å². The normalized spacial score (nSPS) is 21.7. The van der Waals surface area contributed by atoms with E-state index in [0.717, 1.165) is 31.1 Å². The average Bonchev–Trinajstić information content (AvgIpc) is 2.84. The third-order valence-corrected chi connectivity index (χ3v) is 6.42. The van der Waals surface area contributed by atoms with Crippen LogP contribution in [-0.2, 0) is 6.18 Å². The highest BCUT2D eigenvalue weighted by Gasteiger charge is 2.45. The zero-order chi connectivity index (χ0) is 24.7. The predicted molar refractivity (Wildman–Crippen MR) is 116 cm³/mol. The van der Waals surface area contributed by atoms with Gasteiger partial charge in [0, 0.05) is 24.5 Å². The number of rotatable bonds is 4. The highest BCUT2D eigenvalue weighted by molar-refractivity contribution is 5.98. The van der Waals surface area contributed by atoms with Crippen LogP contribution in [-0.4, -0.2) is 49.4 Å². The molecule has 182 valence electrons. The van der Waals surface area contributed by atoms with E-state index >= 15 is 0 Å². The average molecular weight is 487 g/mol. The SMILES string of the molecule is Cc1ccc(-c2ncc(F)cn2)c(C(=O)N2CC3CCC2C(Oc2ccc(C(F)(F)F)cn2)C3)n1. The summed E-state index contributed by atoms with van der Waals surface area (Å²) < 4.78 is 57.8. The minimum Gasteiger partial charge on any atom is -0.472 e. The third-order valence-electron chi connectivity index (χ3n) is 6.42. The van der Waals surface area contributed by atoms with Crippen LogP contribution in [0.3, 0.4) is 0 Å². The van der Waals surface area contributed by atoms with Crippen LogP contribution in [0.1, 0.15) is 41.0 Å². The van der Waals surface area contributed by atoms with E-state index in [1.807, 2.05) is 0 Å². The molecule has 3 atom stereocenters. The molecule has 7 nitrogen and oxygen atoms in total. The zero-order valence-electron chi connectivity index (χ0n) is 18.7. The second kappa shape index (κ2) is 8.86. The van der Waals surface area contributed by atoms with Crippen molar-refractivity contribution < 1.29 is 27.1 Å². The Labute approximate surface area is 198 Å². The number of halogens is 4. The van der Waals surface area contributed by atoms with Crippen molar-refractivity contribution in [3.63, 3.8) is 0 Å². The summed E-state index contributed by atoms with van der Waals surface area (Å²) in [6.45, 7) is 2.28. The largest absolute Gasteiger partial charge is 0.472 e. The fourth-order valence-corrected chi connectivity index (χ4v) is 4.75. The molecule has 2 aliphatic heterocycles. The maximum atomic E-state index is 13.7. The molecule has 0 spiro atoms. The Kier molecular flexibility index (Phi) is 5.86. The second-order valence-corrected chi connectivity index (χ2v) is 8.82. The summed E-state index contributed by atoms with van der Waals surface area (Å²) >= 11 is 0. The number of amides is 1. The number of fused-ring (bicyclic) bond motifs is 3. The topological polar surface area (TPSA) is 81.1 Å². The van der Waals surface area contributed by atoms with E-state index in [1.54, 1.807) is 24.0 Å². The Morgan fingerprint density at radius 1 is 1.06 bits per heavy atom. The smallest absolute Gasteiger partial charge is 0.417 e. The van der Waals surface area contributed by atoms with Gasteiger partial charge < -0.3 is 9.64 Å². The molecule has 3 unspecified atom stereocenters. The van der Waals surface area contributed by atoms with Crippen molar-refractivity contribution in [3.8, 4) is 17.3 Å². The van der Waals surface area contributed by atoms with Gasteiger partial charge in [0.2, 0.25) is 5.88 Å². The highest BCUT2D eigenvalue weighted by atomic mass is 19.4. The van der Waals surface area contributed by atoms with Gasteiger partial charge in [-0.3, -0.25) is 4.79 Å². The number of alkyl halides is 3. The van der Waals surface area contributed by atoms with Gasteiger partial charge in [-0.15, -0.1) is 0 Å². The second-order valence-electron chi connectivity index (χ2n) is 8.82. The standard InChI is InChI=1S/C24H21F4N5O2/c1-13-2-5-17(22-30-10-16(25)11-31-22)21(32-13)23(34)33-12-14-3-6-18(33)19(8-14)35-20-7-4-15(9-29-20)24(26,27)28/h2,4-5,7,9-11,14,18-19H,3,6,8,12H2,1H3. The van der Waals surface area contributed by atoms with Crippen molar-refractivity contribution in [2.24, 2.45) is 5.92 Å². The molecular formula is C24H21F4N5O2. The summed E-state index contributed by atoms with van der Waals surface area (Å²) in [7, 11) is 0. The van der Waals surface area contributed by atoms with E-state index in [4.69, 9.17) is 4.74 Å². The summed E-state index contributed by atoms with van der Waals surface area (Å²) in [6, 6.07) is 5.25. The van der Waals surface area contributed by atoms with E-state index in [9.17, 15) is 22.4 Å². The van der Waals surface area contributed by atoms with Gasteiger partial charge in [0.25, 0.3) is 5.91 Å². The van der Waals surface area contributed by atoms with Crippen LogP contribution >= 0.6 is 0 Å². The lowest BCUT2D eigenvalue weighted by Gasteiger charge is -2.49. The minimum atomic E-state index is -4.48. The molecule has 6 rings (SSSR count). The van der Waals surface area contributed by atoms with Gasteiger partial charge in [-0.2, -0.15) is 13.2 Å².